The van der Waals surface area contributed by atoms with Crippen molar-refractivity contribution >= 4 is 16.6 Å². The van der Waals surface area contributed by atoms with Crippen molar-refractivity contribution in [1.82, 2.24) is 4.98 Å². The molecule has 1 heterocycles. The highest BCUT2D eigenvalue weighted by Crippen LogP contribution is 2.24. The molecule has 0 saturated heterocycles. The van der Waals surface area contributed by atoms with Crippen molar-refractivity contribution in [2.75, 3.05) is 19.5 Å². The summed E-state index contributed by atoms with van der Waals surface area (Å²) < 4.78 is 10.5. The first kappa shape index (κ1) is 16.4. The number of hydrogen-bond acceptors (Lipinski definition) is 5. The summed E-state index contributed by atoms with van der Waals surface area (Å²) in [7, 11) is 3.09. The molecule has 0 aliphatic rings. The number of aromatic nitrogens is 1. The second-order valence-electron chi connectivity index (χ2n) is 5.43. The Labute approximate surface area is 144 Å². The third-order valence-corrected chi connectivity index (χ3v) is 3.94. The second kappa shape index (κ2) is 6.97. The van der Waals surface area contributed by atoms with E-state index < -0.39 is 0 Å². The first-order chi connectivity index (χ1) is 12.2. The molecule has 0 spiro atoms. The Bertz CT molecular complexity index is 1020. The number of fused-ring (bicyclic) bond motifs is 1. The summed E-state index contributed by atoms with van der Waals surface area (Å²) in [6.07, 6.45) is 0. The Hall–Kier alpha value is -3.46. The molecule has 6 heteroatoms. The van der Waals surface area contributed by atoms with Gasteiger partial charge >= 0.3 is 0 Å². The monoisotopic (exact) mass is 335 g/mol. The van der Waals surface area contributed by atoms with Gasteiger partial charge in [-0.1, -0.05) is 12.1 Å². The average Bonchev–Trinajstić information content (AvgIpc) is 2.65. The number of nitrogens with one attached hydrogen (secondary N) is 2. The van der Waals surface area contributed by atoms with Crippen LogP contribution in [0.4, 0.5) is 5.69 Å². The van der Waals surface area contributed by atoms with E-state index in [2.05, 4.69) is 16.4 Å². The molecule has 0 unspecified atom stereocenters. The zero-order valence-corrected chi connectivity index (χ0v) is 13.9. The highest BCUT2D eigenvalue weighted by atomic mass is 16.5. The maximum Gasteiger partial charge on any atom is 0.253 e. The molecule has 25 heavy (non-hydrogen) atoms. The normalized spacial score (nSPS) is 10.3. The molecule has 1 aromatic heterocycles. The Morgan fingerprint density at radius 3 is 2.64 bits per heavy atom. The lowest BCUT2D eigenvalue weighted by atomic mass is 10.1. The number of benzene rings is 2. The van der Waals surface area contributed by atoms with E-state index in [0.717, 1.165) is 11.1 Å². The number of rotatable bonds is 5. The number of nitriles is 1. The van der Waals surface area contributed by atoms with E-state index in [0.29, 0.717) is 34.7 Å². The van der Waals surface area contributed by atoms with Gasteiger partial charge in [-0.25, -0.2) is 0 Å². The Kier molecular flexibility index (Phi) is 4.57. The zero-order chi connectivity index (χ0) is 17.8. The summed E-state index contributed by atoms with van der Waals surface area (Å²) in [6, 6.07) is 14.7. The standard InChI is InChI=1S/C19H17N3O3/c1-24-16-5-3-4-12-8-14(19(23)22-18(12)16)11-21-15-7-6-13(10-20)17(9-15)25-2/h3-9,21H,11H2,1-2H3,(H,22,23). The van der Waals surface area contributed by atoms with Crippen LogP contribution in [0.3, 0.4) is 0 Å². The molecular formula is C19H17N3O3. The van der Waals surface area contributed by atoms with Crippen LogP contribution in [0.5, 0.6) is 11.5 Å². The van der Waals surface area contributed by atoms with Crippen LogP contribution in [0.1, 0.15) is 11.1 Å². The molecule has 126 valence electrons. The first-order valence-electron chi connectivity index (χ1n) is 7.67. The number of ether oxygens (including phenoxy) is 2. The number of H-pyrrole nitrogens is 1. The molecule has 0 saturated carbocycles. The summed E-state index contributed by atoms with van der Waals surface area (Å²) in [5.41, 5.74) is 2.33. The highest BCUT2D eigenvalue weighted by molar-refractivity contribution is 5.84. The van der Waals surface area contributed by atoms with Crippen LogP contribution in [0.25, 0.3) is 10.9 Å². The molecule has 0 atom stereocenters. The van der Waals surface area contributed by atoms with Gasteiger partial charge in [-0.05, 0) is 24.3 Å². The van der Waals surface area contributed by atoms with Gasteiger partial charge in [0.1, 0.15) is 17.6 Å². The fourth-order valence-electron chi connectivity index (χ4n) is 2.64. The molecule has 6 nitrogen and oxygen atoms in total. The largest absolute Gasteiger partial charge is 0.495 e. The smallest absolute Gasteiger partial charge is 0.253 e. The van der Waals surface area contributed by atoms with Crippen LogP contribution < -0.4 is 20.3 Å². The Morgan fingerprint density at radius 2 is 1.92 bits per heavy atom. The Morgan fingerprint density at radius 1 is 1.12 bits per heavy atom. The van der Waals surface area contributed by atoms with Crippen molar-refractivity contribution in [2.45, 2.75) is 6.54 Å². The molecule has 0 fully saturated rings. The van der Waals surface area contributed by atoms with Crippen LogP contribution in [0.2, 0.25) is 0 Å². The summed E-state index contributed by atoms with van der Waals surface area (Å²) in [5.74, 6) is 1.12. The van der Waals surface area contributed by atoms with Crippen LogP contribution in [0.15, 0.2) is 47.3 Å². The topological polar surface area (TPSA) is 87.1 Å². The lowest BCUT2D eigenvalue weighted by molar-refractivity contribution is 0.413. The zero-order valence-electron chi connectivity index (χ0n) is 13.9. The maximum absolute atomic E-state index is 12.3. The van der Waals surface area contributed by atoms with Gasteiger partial charge in [0.2, 0.25) is 0 Å². The van der Waals surface area contributed by atoms with Gasteiger partial charge in [-0.15, -0.1) is 0 Å². The third-order valence-electron chi connectivity index (χ3n) is 3.94. The minimum absolute atomic E-state index is 0.176. The fourth-order valence-corrected chi connectivity index (χ4v) is 2.64. The lowest BCUT2D eigenvalue weighted by Crippen LogP contribution is -2.16. The fraction of sp³-hybridized carbons (Fsp3) is 0.158. The van der Waals surface area contributed by atoms with Gasteiger partial charge in [0.25, 0.3) is 5.56 Å². The molecule has 2 aromatic carbocycles. The summed E-state index contributed by atoms with van der Waals surface area (Å²) >= 11 is 0. The maximum atomic E-state index is 12.3. The number of aromatic amines is 1. The minimum Gasteiger partial charge on any atom is -0.495 e. The van der Waals surface area contributed by atoms with E-state index >= 15 is 0 Å². The predicted octanol–water partition coefficient (Wildman–Crippen LogP) is 3.03. The molecule has 0 aliphatic heterocycles. The van der Waals surface area contributed by atoms with Crippen molar-refractivity contribution in [2.24, 2.45) is 0 Å². The van der Waals surface area contributed by atoms with E-state index in [9.17, 15) is 4.79 Å². The van der Waals surface area contributed by atoms with Gasteiger partial charge in [0, 0.05) is 29.2 Å². The minimum atomic E-state index is -0.176. The van der Waals surface area contributed by atoms with Gasteiger partial charge < -0.3 is 19.8 Å². The summed E-state index contributed by atoms with van der Waals surface area (Å²) in [4.78, 5) is 15.2. The number of methoxy groups -OCH3 is 2. The summed E-state index contributed by atoms with van der Waals surface area (Å²) in [5, 5.41) is 13.1. The highest BCUT2D eigenvalue weighted by Gasteiger charge is 2.08. The molecular weight excluding hydrogens is 318 g/mol. The first-order valence-corrected chi connectivity index (χ1v) is 7.67. The van der Waals surface area contributed by atoms with Crippen molar-refractivity contribution in [1.29, 1.82) is 5.26 Å². The number of para-hydroxylation sites is 1. The van der Waals surface area contributed by atoms with Crippen LogP contribution >= 0.6 is 0 Å². The number of pyridine rings is 1. The Balaban J connectivity index is 1.88. The molecule has 3 rings (SSSR count). The van der Waals surface area contributed by atoms with Crippen LogP contribution in [-0.4, -0.2) is 19.2 Å². The van der Waals surface area contributed by atoms with Crippen molar-refractivity contribution in [3.05, 3.63) is 63.9 Å². The number of hydrogen-bond donors (Lipinski definition) is 2. The molecule has 3 aromatic rings. The van der Waals surface area contributed by atoms with E-state index in [1.165, 1.54) is 7.11 Å². The van der Waals surface area contributed by atoms with Crippen molar-refractivity contribution in [3.8, 4) is 17.6 Å². The van der Waals surface area contributed by atoms with E-state index in [-0.39, 0.29) is 5.56 Å². The van der Waals surface area contributed by atoms with Crippen molar-refractivity contribution < 1.29 is 9.47 Å². The molecule has 0 bridgehead atoms. The van der Waals surface area contributed by atoms with E-state index in [4.69, 9.17) is 14.7 Å². The average molecular weight is 335 g/mol. The molecule has 0 amide bonds. The van der Waals surface area contributed by atoms with E-state index in [1.54, 1.807) is 31.4 Å². The molecule has 0 aliphatic carbocycles. The summed E-state index contributed by atoms with van der Waals surface area (Å²) in [6.45, 7) is 0.345. The van der Waals surface area contributed by atoms with Crippen molar-refractivity contribution in [3.63, 3.8) is 0 Å². The van der Waals surface area contributed by atoms with Crippen LogP contribution in [-0.2, 0) is 6.54 Å². The van der Waals surface area contributed by atoms with Gasteiger partial charge in [0.15, 0.2) is 0 Å². The van der Waals surface area contributed by atoms with Crippen LogP contribution in [0, 0.1) is 11.3 Å². The van der Waals surface area contributed by atoms with Gasteiger partial charge in [-0.2, -0.15) is 5.26 Å². The third kappa shape index (κ3) is 3.26. The quantitative estimate of drug-likeness (QED) is 0.748. The van der Waals surface area contributed by atoms with E-state index in [1.807, 2.05) is 18.2 Å². The predicted molar refractivity (Wildman–Crippen MR) is 96.2 cm³/mol. The molecule has 2 N–H and O–H groups in total. The number of nitrogens with zero attached hydrogens (tertiary/aromatic N) is 1. The SMILES string of the molecule is COc1cc(NCc2cc3cccc(OC)c3[nH]c2=O)ccc1C#N. The molecule has 0 radical (unpaired) electrons. The second-order valence-corrected chi connectivity index (χ2v) is 5.43. The number of anilines is 1. The van der Waals surface area contributed by atoms with Gasteiger partial charge in [-0.3, -0.25) is 4.79 Å². The van der Waals surface area contributed by atoms with Gasteiger partial charge in [0.05, 0.1) is 25.3 Å². The lowest BCUT2D eigenvalue weighted by Gasteiger charge is -2.10.